The van der Waals surface area contributed by atoms with Gasteiger partial charge in [-0.15, -0.1) is 15.3 Å². The Morgan fingerprint density at radius 2 is 1.77 bits per heavy atom. The molecule has 0 radical (unpaired) electrons. The summed E-state index contributed by atoms with van der Waals surface area (Å²) in [4.78, 5) is 16.2. The fourth-order valence-corrected chi connectivity index (χ4v) is 3.07. The van der Waals surface area contributed by atoms with E-state index in [1.54, 1.807) is 9.42 Å². The van der Waals surface area contributed by atoms with Crippen molar-refractivity contribution in [3.63, 3.8) is 0 Å². The topological polar surface area (TPSA) is 66.6 Å². The van der Waals surface area contributed by atoms with E-state index in [1.807, 2.05) is 12.1 Å². The van der Waals surface area contributed by atoms with Crippen molar-refractivity contribution in [1.82, 2.24) is 24.7 Å². The van der Waals surface area contributed by atoms with E-state index in [0.29, 0.717) is 37.4 Å². The number of benzene rings is 1. The molecule has 4 rings (SSSR count). The van der Waals surface area contributed by atoms with E-state index in [1.165, 1.54) is 18.5 Å². The van der Waals surface area contributed by atoms with Crippen molar-refractivity contribution in [2.75, 3.05) is 31.1 Å². The SMILES string of the molecule is O=C(Cc1cc(F)cc(F)c1)N1CCN(c2ccc3nncn3n2)CC1. The second-order valence-corrected chi connectivity index (χ2v) is 6.15. The van der Waals surface area contributed by atoms with Crippen molar-refractivity contribution < 1.29 is 13.6 Å². The predicted molar refractivity (Wildman–Crippen MR) is 89.6 cm³/mol. The van der Waals surface area contributed by atoms with Crippen LogP contribution in [0.3, 0.4) is 0 Å². The summed E-state index contributed by atoms with van der Waals surface area (Å²) in [6.07, 6.45) is 1.52. The summed E-state index contributed by atoms with van der Waals surface area (Å²) in [5, 5.41) is 12.2. The average molecular weight is 358 g/mol. The molecule has 1 amide bonds. The van der Waals surface area contributed by atoms with Crippen molar-refractivity contribution >= 4 is 17.4 Å². The fraction of sp³-hybridized carbons (Fsp3) is 0.294. The number of halogens is 2. The third kappa shape index (κ3) is 3.32. The molecule has 0 aliphatic carbocycles. The van der Waals surface area contributed by atoms with Gasteiger partial charge in [-0.1, -0.05) is 0 Å². The Bertz CT molecular complexity index is 931. The molecule has 1 saturated heterocycles. The first-order valence-corrected chi connectivity index (χ1v) is 8.23. The van der Waals surface area contributed by atoms with Gasteiger partial charge in [0.2, 0.25) is 5.91 Å². The fourth-order valence-electron chi connectivity index (χ4n) is 3.07. The summed E-state index contributed by atoms with van der Waals surface area (Å²) in [6.45, 7) is 2.31. The van der Waals surface area contributed by atoms with Crippen LogP contribution in [-0.2, 0) is 11.2 Å². The van der Waals surface area contributed by atoms with Gasteiger partial charge < -0.3 is 9.80 Å². The van der Waals surface area contributed by atoms with Crippen LogP contribution in [0, 0.1) is 11.6 Å². The van der Waals surface area contributed by atoms with Crippen molar-refractivity contribution in [1.29, 1.82) is 0 Å². The van der Waals surface area contributed by atoms with Gasteiger partial charge in [-0.2, -0.15) is 4.52 Å². The molecule has 134 valence electrons. The van der Waals surface area contributed by atoms with Crippen LogP contribution in [0.2, 0.25) is 0 Å². The third-order valence-electron chi connectivity index (χ3n) is 4.38. The van der Waals surface area contributed by atoms with Crippen molar-refractivity contribution in [3.05, 3.63) is 53.9 Å². The van der Waals surface area contributed by atoms with Crippen LogP contribution < -0.4 is 4.90 Å². The Morgan fingerprint density at radius 3 is 2.50 bits per heavy atom. The van der Waals surface area contributed by atoms with Crippen LogP contribution in [0.4, 0.5) is 14.6 Å². The van der Waals surface area contributed by atoms with Crippen molar-refractivity contribution in [2.24, 2.45) is 0 Å². The number of piperazine rings is 1. The molecule has 1 fully saturated rings. The Hall–Kier alpha value is -3.10. The first-order chi connectivity index (χ1) is 12.6. The molecule has 0 saturated carbocycles. The predicted octanol–water partition coefficient (Wildman–Crippen LogP) is 1.29. The van der Waals surface area contributed by atoms with Gasteiger partial charge in [0.25, 0.3) is 0 Å². The maximum Gasteiger partial charge on any atom is 0.227 e. The van der Waals surface area contributed by atoms with E-state index in [9.17, 15) is 13.6 Å². The summed E-state index contributed by atoms with van der Waals surface area (Å²) < 4.78 is 28.1. The molecule has 0 unspecified atom stereocenters. The van der Waals surface area contributed by atoms with E-state index >= 15 is 0 Å². The molecular formula is C17H16F2N6O. The number of anilines is 1. The molecule has 26 heavy (non-hydrogen) atoms. The highest BCUT2D eigenvalue weighted by Crippen LogP contribution is 2.15. The highest BCUT2D eigenvalue weighted by Gasteiger charge is 2.22. The third-order valence-corrected chi connectivity index (χ3v) is 4.38. The number of carbonyl (C=O) groups is 1. The summed E-state index contributed by atoms with van der Waals surface area (Å²) in [5.41, 5.74) is 1.01. The number of aromatic nitrogens is 4. The number of hydrogen-bond donors (Lipinski definition) is 0. The molecule has 3 heterocycles. The lowest BCUT2D eigenvalue weighted by molar-refractivity contribution is -0.130. The first kappa shape index (κ1) is 16.4. The molecule has 0 bridgehead atoms. The van der Waals surface area contributed by atoms with Gasteiger partial charge in [-0.3, -0.25) is 4.79 Å². The number of carbonyl (C=O) groups excluding carboxylic acids is 1. The minimum atomic E-state index is -0.673. The number of fused-ring (bicyclic) bond motifs is 1. The molecule has 1 aliphatic heterocycles. The minimum Gasteiger partial charge on any atom is -0.352 e. The molecule has 3 aromatic rings. The van der Waals surface area contributed by atoms with E-state index < -0.39 is 11.6 Å². The highest BCUT2D eigenvalue weighted by atomic mass is 19.1. The van der Waals surface area contributed by atoms with Crippen molar-refractivity contribution in [2.45, 2.75) is 6.42 Å². The van der Waals surface area contributed by atoms with E-state index in [-0.39, 0.29) is 12.3 Å². The van der Waals surface area contributed by atoms with Crippen LogP contribution in [0.15, 0.2) is 36.7 Å². The van der Waals surface area contributed by atoms with Crippen LogP contribution in [0.5, 0.6) is 0 Å². The molecule has 1 aliphatic rings. The molecular weight excluding hydrogens is 342 g/mol. The second kappa shape index (κ2) is 6.66. The summed E-state index contributed by atoms with van der Waals surface area (Å²) in [6, 6.07) is 6.89. The van der Waals surface area contributed by atoms with Gasteiger partial charge in [0, 0.05) is 32.2 Å². The lowest BCUT2D eigenvalue weighted by atomic mass is 10.1. The maximum atomic E-state index is 13.3. The molecule has 0 N–H and O–H groups in total. The zero-order valence-electron chi connectivity index (χ0n) is 13.8. The average Bonchev–Trinajstić information content (AvgIpc) is 3.08. The first-order valence-electron chi connectivity index (χ1n) is 8.23. The molecule has 0 spiro atoms. The number of amides is 1. The smallest absolute Gasteiger partial charge is 0.227 e. The minimum absolute atomic E-state index is 0.0143. The zero-order valence-corrected chi connectivity index (χ0v) is 13.8. The van der Waals surface area contributed by atoms with Gasteiger partial charge in [-0.05, 0) is 29.8 Å². The van der Waals surface area contributed by atoms with Crippen LogP contribution >= 0.6 is 0 Å². The van der Waals surface area contributed by atoms with Crippen molar-refractivity contribution in [3.8, 4) is 0 Å². The zero-order chi connectivity index (χ0) is 18.1. The van der Waals surface area contributed by atoms with Gasteiger partial charge in [0.15, 0.2) is 5.65 Å². The highest BCUT2D eigenvalue weighted by molar-refractivity contribution is 5.79. The lowest BCUT2D eigenvalue weighted by Gasteiger charge is -2.35. The number of hydrogen-bond acceptors (Lipinski definition) is 5. The monoisotopic (exact) mass is 358 g/mol. The van der Waals surface area contributed by atoms with Gasteiger partial charge in [-0.25, -0.2) is 8.78 Å². The standard InChI is InChI=1S/C17H16F2N6O/c18-13-7-12(8-14(19)10-13)9-17(26)24-5-3-23(4-6-24)16-2-1-15-21-20-11-25(15)22-16/h1-2,7-8,10-11H,3-6,9H2. The summed E-state index contributed by atoms with van der Waals surface area (Å²) >= 11 is 0. The summed E-state index contributed by atoms with van der Waals surface area (Å²) in [5.74, 6) is -0.699. The van der Waals surface area contributed by atoms with Crippen LogP contribution in [0.25, 0.3) is 5.65 Å². The number of rotatable bonds is 3. The Morgan fingerprint density at radius 1 is 1.04 bits per heavy atom. The maximum absolute atomic E-state index is 13.3. The van der Waals surface area contributed by atoms with E-state index in [0.717, 1.165) is 11.9 Å². The molecule has 7 nitrogen and oxygen atoms in total. The molecule has 0 atom stereocenters. The Kier molecular flexibility index (Phi) is 4.19. The Balaban J connectivity index is 1.38. The molecule has 9 heteroatoms. The van der Waals surface area contributed by atoms with E-state index in [4.69, 9.17) is 0 Å². The normalized spacial score (nSPS) is 14.8. The van der Waals surface area contributed by atoms with E-state index in [2.05, 4.69) is 20.2 Å². The largest absolute Gasteiger partial charge is 0.352 e. The molecule has 2 aromatic heterocycles. The second-order valence-electron chi connectivity index (χ2n) is 6.15. The number of nitrogens with zero attached hydrogens (tertiary/aromatic N) is 6. The van der Waals surface area contributed by atoms with Gasteiger partial charge in [0.05, 0.1) is 6.42 Å². The van der Waals surface area contributed by atoms with Gasteiger partial charge in [0.1, 0.15) is 23.8 Å². The van der Waals surface area contributed by atoms with Crippen LogP contribution in [0.1, 0.15) is 5.56 Å². The molecule has 1 aromatic carbocycles. The summed E-state index contributed by atoms with van der Waals surface area (Å²) in [7, 11) is 0. The lowest BCUT2D eigenvalue weighted by Crippen LogP contribution is -2.49. The van der Waals surface area contributed by atoms with Crippen LogP contribution in [-0.4, -0.2) is 56.8 Å². The Labute approximate surface area is 147 Å². The van der Waals surface area contributed by atoms with Gasteiger partial charge >= 0.3 is 0 Å². The quantitative estimate of drug-likeness (QED) is 0.706.